The molecule has 1 heterocycles. The molecule has 124 valence electrons. The molecule has 3 aromatic rings. The van der Waals surface area contributed by atoms with Crippen LogP contribution in [0.1, 0.15) is 35.7 Å². The first-order valence-corrected chi connectivity index (χ1v) is 9.30. The van der Waals surface area contributed by atoms with Crippen LogP contribution in [-0.4, -0.2) is 10.9 Å². The number of nitrogens with one attached hydrogen (secondary N) is 1. The zero-order chi connectivity index (χ0) is 17.1. The second-order valence-corrected chi connectivity index (χ2v) is 7.30. The first-order chi connectivity index (χ1) is 11.6. The van der Waals surface area contributed by atoms with Gasteiger partial charge in [0, 0.05) is 0 Å². The van der Waals surface area contributed by atoms with Crippen molar-refractivity contribution in [2.75, 3.05) is 5.32 Å². The fourth-order valence-electron chi connectivity index (χ4n) is 2.40. The lowest BCUT2D eigenvalue weighted by Gasteiger charge is -2.04. The molecule has 0 unspecified atom stereocenters. The third-order valence-electron chi connectivity index (χ3n) is 3.69. The number of aryl methyl sites for hydroxylation is 1. The summed E-state index contributed by atoms with van der Waals surface area (Å²) >= 11 is 13.5. The Labute approximate surface area is 154 Å². The molecule has 0 atom stereocenters. The van der Waals surface area contributed by atoms with Crippen LogP contribution in [0.4, 0.5) is 5.13 Å². The van der Waals surface area contributed by atoms with E-state index in [1.807, 2.05) is 6.07 Å². The van der Waals surface area contributed by atoms with Gasteiger partial charge in [0.2, 0.25) is 0 Å². The van der Waals surface area contributed by atoms with Gasteiger partial charge in [0.05, 0.1) is 25.8 Å². The second-order valence-electron chi connectivity index (χ2n) is 5.48. The topological polar surface area (TPSA) is 42.0 Å². The number of hydrogen-bond acceptors (Lipinski definition) is 3. The number of nitrogens with zero attached hydrogens (tertiary/aromatic N) is 1. The van der Waals surface area contributed by atoms with E-state index in [2.05, 4.69) is 29.4 Å². The number of halogens is 2. The first kappa shape index (κ1) is 17.2. The molecular weight excluding hydrogens is 363 g/mol. The number of carbonyl (C=O) groups is 1. The maximum absolute atomic E-state index is 12.4. The Kier molecular flexibility index (Phi) is 5.39. The Bertz CT molecular complexity index is 892. The summed E-state index contributed by atoms with van der Waals surface area (Å²) in [6, 6.07) is 11.2. The van der Waals surface area contributed by atoms with E-state index in [1.165, 1.54) is 29.7 Å². The highest BCUT2D eigenvalue weighted by molar-refractivity contribution is 7.22. The van der Waals surface area contributed by atoms with Crippen LogP contribution in [-0.2, 0) is 6.42 Å². The van der Waals surface area contributed by atoms with Gasteiger partial charge in [-0.05, 0) is 42.7 Å². The number of unbranched alkanes of at least 4 members (excludes halogenated alkanes) is 1. The van der Waals surface area contributed by atoms with E-state index in [0.717, 1.165) is 16.6 Å². The molecule has 0 saturated carbocycles. The van der Waals surface area contributed by atoms with E-state index in [1.54, 1.807) is 18.2 Å². The summed E-state index contributed by atoms with van der Waals surface area (Å²) in [4.78, 5) is 16.8. The second kappa shape index (κ2) is 7.51. The van der Waals surface area contributed by atoms with Crippen LogP contribution in [0, 0.1) is 0 Å². The number of rotatable bonds is 5. The quantitative estimate of drug-likeness (QED) is 0.574. The molecule has 3 nitrogen and oxygen atoms in total. The molecule has 0 radical (unpaired) electrons. The van der Waals surface area contributed by atoms with Crippen LogP contribution < -0.4 is 5.32 Å². The van der Waals surface area contributed by atoms with Gasteiger partial charge in [-0.3, -0.25) is 10.1 Å². The Hall–Kier alpha value is -1.62. The minimum atomic E-state index is -0.312. The van der Waals surface area contributed by atoms with Gasteiger partial charge in [-0.2, -0.15) is 0 Å². The van der Waals surface area contributed by atoms with Crippen molar-refractivity contribution in [2.24, 2.45) is 0 Å². The van der Waals surface area contributed by atoms with Gasteiger partial charge in [-0.15, -0.1) is 0 Å². The number of thiazole rings is 1. The van der Waals surface area contributed by atoms with Crippen LogP contribution >= 0.6 is 34.5 Å². The Morgan fingerprint density at radius 2 is 2.08 bits per heavy atom. The summed E-state index contributed by atoms with van der Waals surface area (Å²) < 4.78 is 1.07. The number of anilines is 1. The average molecular weight is 379 g/mol. The SMILES string of the molecule is CCCCc1ccc2nc(NC(=O)c3cccc(Cl)c3Cl)sc2c1. The number of fused-ring (bicyclic) bond motifs is 1. The zero-order valence-electron chi connectivity index (χ0n) is 13.1. The fourth-order valence-corrected chi connectivity index (χ4v) is 3.71. The smallest absolute Gasteiger partial charge is 0.259 e. The standard InChI is InChI=1S/C18H16Cl2N2OS/c1-2-3-5-11-8-9-14-15(10-11)24-18(21-14)22-17(23)12-6-4-7-13(19)16(12)20/h4,6-10H,2-3,5H2,1H3,(H,21,22,23). The highest BCUT2D eigenvalue weighted by Crippen LogP contribution is 2.29. The van der Waals surface area contributed by atoms with E-state index in [4.69, 9.17) is 23.2 Å². The lowest BCUT2D eigenvalue weighted by Crippen LogP contribution is -2.12. The van der Waals surface area contributed by atoms with Crippen molar-refractivity contribution in [3.8, 4) is 0 Å². The number of hydrogen-bond donors (Lipinski definition) is 1. The maximum atomic E-state index is 12.4. The molecule has 1 N–H and O–H groups in total. The first-order valence-electron chi connectivity index (χ1n) is 7.73. The molecule has 0 aliphatic carbocycles. The molecule has 6 heteroatoms. The monoisotopic (exact) mass is 378 g/mol. The van der Waals surface area contributed by atoms with Crippen molar-refractivity contribution in [1.29, 1.82) is 0 Å². The molecule has 0 aliphatic heterocycles. The summed E-state index contributed by atoms with van der Waals surface area (Å²) in [7, 11) is 0. The Morgan fingerprint density at radius 3 is 2.88 bits per heavy atom. The van der Waals surface area contributed by atoms with Crippen molar-refractivity contribution in [3.05, 3.63) is 57.6 Å². The van der Waals surface area contributed by atoms with E-state index in [9.17, 15) is 4.79 Å². The van der Waals surface area contributed by atoms with Gasteiger partial charge >= 0.3 is 0 Å². The lowest BCUT2D eigenvalue weighted by molar-refractivity contribution is 0.102. The zero-order valence-corrected chi connectivity index (χ0v) is 15.4. The molecule has 0 spiro atoms. The molecule has 3 rings (SSSR count). The van der Waals surface area contributed by atoms with Gasteiger partial charge in [0.25, 0.3) is 5.91 Å². The van der Waals surface area contributed by atoms with Crippen LogP contribution in [0.15, 0.2) is 36.4 Å². The van der Waals surface area contributed by atoms with E-state index < -0.39 is 0 Å². The highest BCUT2D eigenvalue weighted by Gasteiger charge is 2.14. The Morgan fingerprint density at radius 1 is 1.25 bits per heavy atom. The molecule has 24 heavy (non-hydrogen) atoms. The normalized spacial score (nSPS) is 11.0. The largest absolute Gasteiger partial charge is 0.298 e. The predicted molar refractivity (Wildman–Crippen MR) is 103 cm³/mol. The van der Waals surface area contributed by atoms with Crippen molar-refractivity contribution in [1.82, 2.24) is 4.98 Å². The summed E-state index contributed by atoms with van der Waals surface area (Å²) in [5.41, 5.74) is 2.52. The third-order valence-corrected chi connectivity index (χ3v) is 5.44. The molecule has 0 bridgehead atoms. The van der Waals surface area contributed by atoms with Gasteiger partial charge in [0.15, 0.2) is 5.13 Å². The van der Waals surface area contributed by atoms with Crippen molar-refractivity contribution < 1.29 is 4.79 Å². The Balaban J connectivity index is 1.82. The predicted octanol–water partition coefficient (Wildman–Crippen LogP) is 6.20. The van der Waals surface area contributed by atoms with Crippen molar-refractivity contribution >= 4 is 55.8 Å². The van der Waals surface area contributed by atoms with Crippen LogP contribution in [0.2, 0.25) is 10.0 Å². The van der Waals surface area contributed by atoms with Crippen molar-refractivity contribution in [3.63, 3.8) is 0 Å². The fraction of sp³-hybridized carbons (Fsp3) is 0.222. The highest BCUT2D eigenvalue weighted by atomic mass is 35.5. The summed E-state index contributed by atoms with van der Waals surface area (Å²) in [6.45, 7) is 2.18. The summed E-state index contributed by atoms with van der Waals surface area (Å²) in [5.74, 6) is -0.312. The number of aromatic nitrogens is 1. The molecule has 2 aromatic carbocycles. The molecule has 0 fully saturated rings. The van der Waals surface area contributed by atoms with E-state index in [0.29, 0.717) is 15.7 Å². The number of amides is 1. The summed E-state index contributed by atoms with van der Waals surface area (Å²) in [5, 5.41) is 3.96. The number of carbonyl (C=O) groups excluding carboxylic acids is 1. The van der Waals surface area contributed by atoms with Gasteiger partial charge in [0.1, 0.15) is 0 Å². The average Bonchev–Trinajstić information content (AvgIpc) is 2.96. The molecule has 0 saturated heterocycles. The minimum Gasteiger partial charge on any atom is -0.298 e. The molecule has 0 aliphatic rings. The molecule has 1 amide bonds. The summed E-state index contributed by atoms with van der Waals surface area (Å²) in [6.07, 6.45) is 3.40. The van der Waals surface area contributed by atoms with Crippen LogP contribution in [0.3, 0.4) is 0 Å². The minimum absolute atomic E-state index is 0.250. The maximum Gasteiger partial charge on any atom is 0.259 e. The van der Waals surface area contributed by atoms with Crippen molar-refractivity contribution in [2.45, 2.75) is 26.2 Å². The third kappa shape index (κ3) is 3.72. The van der Waals surface area contributed by atoms with Gasteiger partial charge in [-0.1, -0.05) is 60.0 Å². The molecule has 1 aromatic heterocycles. The molecular formula is C18H16Cl2N2OS. The van der Waals surface area contributed by atoms with E-state index in [-0.39, 0.29) is 10.9 Å². The number of benzene rings is 2. The van der Waals surface area contributed by atoms with Crippen LogP contribution in [0.25, 0.3) is 10.2 Å². The van der Waals surface area contributed by atoms with Gasteiger partial charge < -0.3 is 0 Å². The van der Waals surface area contributed by atoms with Gasteiger partial charge in [-0.25, -0.2) is 4.98 Å². The van der Waals surface area contributed by atoms with Crippen LogP contribution in [0.5, 0.6) is 0 Å². The lowest BCUT2D eigenvalue weighted by atomic mass is 10.1. The van der Waals surface area contributed by atoms with E-state index >= 15 is 0 Å².